The Morgan fingerprint density at radius 3 is 2.93 bits per heavy atom. The summed E-state index contributed by atoms with van der Waals surface area (Å²) in [5, 5.41) is 18.1. The maximum Gasteiger partial charge on any atom is 0.129 e. The van der Waals surface area contributed by atoms with Gasteiger partial charge in [0.15, 0.2) is 0 Å². The fourth-order valence-electron chi connectivity index (χ4n) is 3.42. The predicted molar refractivity (Wildman–Crippen MR) is 109 cm³/mol. The summed E-state index contributed by atoms with van der Waals surface area (Å²) in [6.07, 6.45) is 3.87. The van der Waals surface area contributed by atoms with Gasteiger partial charge in [-0.05, 0) is 62.9 Å². The molecule has 1 atom stereocenters. The van der Waals surface area contributed by atoms with Crippen LogP contribution in [-0.4, -0.2) is 41.6 Å². The monoisotopic (exact) mass is 368 g/mol. The molecule has 0 bridgehead atoms. The van der Waals surface area contributed by atoms with Crippen LogP contribution in [0.2, 0.25) is 0 Å². The average Bonchev–Trinajstić information content (AvgIpc) is 2.68. The molecule has 2 aromatic rings. The molecular weight excluding hydrogens is 340 g/mol. The SMILES string of the molecule is CC(C)Oc1ccc(N)c(C(=N)c2ccnc(N3CCCC(CO)C3)c2)c1. The normalized spacial score (nSPS) is 17.2. The van der Waals surface area contributed by atoms with Gasteiger partial charge in [0.05, 0.1) is 11.8 Å². The molecule has 0 spiro atoms. The van der Waals surface area contributed by atoms with Crippen molar-refractivity contribution in [1.82, 2.24) is 4.98 Å². The molecule has 3 rings (SSSR count). The van der Waals surface area contributed by atoms with Crippen molar-refractivity contribution in [1.29, 1.82) is 5.41 Å². The highest BCUT2D eigenvalue weighted by molar-refractivity contribution is 6.14. The molecular formula is C21H28N4O2. The summed E-state index contributed by atoms with van der Waals surface area (Å²) in [5.41, 5.74) is 8.44. The van der Waals surface area contributed by atoms with Crippen LogP contribution in [0, 0.1) is 11.3 Å². The number of aromatic nitrogens is 1. The molecule has 1 aliphatic heterocycles. The smallest absolute Gasteiger partial charge is 0.129 e. The highest BCUT2D eigenvalue weighted by Crippen LogP contribution is 2.26. The summed E-state index contributed by atoms with van der Waals surface area (Å²) in [6, 6.07) is 9.18. The quantitative estimate of drug-likeness (QED) is 0.538. The molecule has 2 heterocycles. The van der Waals surface area contributed by atoms with E-state index in [-0.39, 0.29) is 18.6 Å². The van der Waals surface area contributed by atoms with Crippen molar-refractivity contribution in [2.24, 2.45) is 5.92 Å². The van der Waals surface area contributed by atoms with Gasteiger partial charge in [0.2, 0.25) is 0 Å². The zero-order valence-electron chi connectivity index (χ0n) is 16.0. The second kappa shape index (κ2) is 8.39. The van der Waals surface area contributed by atoms with Crippen molar-refractivity contribution in [3.8, 4) is 5.75 Å². The first-order chi connectivity index (χ1) is 13.0. The highest BCUT2D eigenvalue weighted by Gasteiger charge is 2.21. The number of hydrogen-bond donors (Lipinski definition) is 3. The van der Waals surface area contributed by atoms with E-state index in [1.54, 1.807) is 12.3 Å². The summed E-state index contributed by atoms with van der Waals surface area (Å²) in [7, 11) is 0. The number of rotatable bonds is 6. The number of aliphatic hydroxyl groups is 1. The zero-order chi connectivity index (χ0) is 19.4. The first kappa shape index (κ1) is 19.2. The second-order valence-electron chi connectivity index (χ2n) is 7.33. The van der Waals surface area contributed by atoms with Crippen molar-refractivity contribution in [2.45, 2.75) is 32.8 Å². The molecule has 6 heteroatoms. The minimum atomic E-state index is 0.0572. The van der Waals surface area contributed by atoms with Crippen LogP contribution in [0.3, 0.4) is 0 Å². The summed E-state index contributed by atoms with van der Waals surface area (Å²) in [6.45, 7) is 5.84. The van der Waals surface area contributed by atoms with E-state index < -0.39 is 0 Å². The number of hydrogen-bond acceptors (Lipinski definition) is 6. The van der Waals surface area contributed by atoms with E-state index in [9.17, 15) is 5.11 Å². The van der Waals surface area contributed by atoms with E-state index in [1.165, 1.54) is 0 Å². The van der Waals surface area contributed by atoms with E-state index in [0.717, 1.165) is 37.3 Å². The fourth-order valence-corrected chi connectivity index (χ4v) is 3.42. The lowest BCUT2D eigenvalue weighted by Crippen LogP contribution is -2.37. The fraction of sp³-hybridized carbons (Fsp3) is 0.429. The molecule has 1 aliphatic rings. The van der Waals surface area contributed by atoms with Gasteiger partial charge in [0, 0.05) is 42.7 Å². The van der Waals surface area contributed by atoms with Gasteiger partial charge in [0.25, 0.3) is 0 Å². The molecule has 0 saturated carbocycles. The van der Waals surface area contributed by atoms with E-state index in [4.69, 9.17) is 15.9 Å². The third-order valence-electron chi connectivity index (χ3n) is 4.80. The van der Waals surface area contributed by atoms with Gasteiger partial charge in [0.1, 0.15) is 11.6 Å². The van der Waals surface area contributed by atoms with Gasteiger partial charge >= 0.3 is 0 Å². The summed E-state index contributed by atoms with van der Waals surface area (Å²) in [5.74, 6) is 1.82. The summed E-state index contributed by atoms with van der Waals surface area (Å²) < 4.78 is 5.74. The lowest BCUT2D eigenvalue weighted by atomic mass is 9.98. The van der Waals surface area contributed by atoms with Crippen LogP contribution in [0.15, 0.2) is 36.5 Å². The number of ether oxygens (including phenoxy) is 1. The van der Waals surface area contributed by atoms with E-state index >= 15 is 0 Å². The molecule has 0 radical (unpaired) electrons. The Labute approximate surface area is 160 Å². The number of piperidine rings is 1. The highest BCUT2D eigenvalue weighted by atomic mass is 16.5. The number of nitrogens with one attached hydrogen (secondary N) is 1. The lowest BCUT2D eigenvalue weighted by molar-refractivity contribution is 0.208. The maximum absolute atomic E-state index is 9.46. The zero-order valence-corrected chi connectivity index (χ0v) is 16.0. The molecule has 6 nitrogen and oxygen atoms in total. The molecule has 1 saturated heterocycles. The number of nitrogens with zero attached hydrogens (tertiary/aromatic N) is 2. The topological polar surface area (TPSA) is 95.5 Å². The van der Waals surface area contributed by atoms with Gasteiger partial charge in [-0.15, -0.1) is 0 Å². The molecule has 1 aromatic heterocycles. The van der Waals surface area contributed by atoms with Crippen molar-refractivity contribution in [3.63, 3.8) is 0 Å². The Morgan fingerprint density at radius 1 is 1.37 bits per heavy atom. The Kier molecular flexibility index (Phi) is 5.96. The molecule has 1 aromatic carbocycles. The number of pyridine rings is 1. The van der Waals surface area contributed by atoms with Gasteiger partial charge in [-0.3, -0.25) is 5.41 Å². The minimum absolute atomic E-state index is 0.0572. The minimum Gasteiger partial charge on any atom is -0.491 e. The lowest BCUT2D eigenvalue weighted by Gasteiger charge is -2.32. The van der Waals surface area contributed by atoms with Crippen LogP contribution in [0.5, 0.6) is 5.75 Å². The molecule has 27 heavy (non-hydrogen) atoms. The Morgan fingerprint density at radius 2 is 2.19 bits per heavy atom. The molecule has 0 amide bonds. The molecule has 4 N–H and O–H groups in total. The number of anilines is 2. The standard InChI is InChI=1S/C21H28N4O2/c1-14(2)27-17-5-6-19(22)18(11-17)21(23)16-7-8-24-20(10-16)25-9-3-4-15(12-25)13-26/h5-8,10-11,14-15,23,26H,3-4,9,12-13,22H2,1-2H3. The average molecular weight is 368 g/mol. The largest absolute Gasteiger partial charge is 0.491 e. The van der Waals surface area contributed by atoms with Crippen molar-refractivity contribution in [3.05, 3.63) is 47.7 Å². The van der Waals surface area contributed by atoms with Crippen molar-refractivity contribution in [2.75, 3.05) is 30.3 Å². The number of benzene rings is 1. The number of nitrogens with two attached hydrogens (primary N) is 1. The Bertz CT molecular complexity index is 807. The van der Waals surface area contributed by atoms with Crippen LogP contribution in [-0.2, 0) is 0 Å². The van der Waals surface area contributed by atoms with Crippen molar-refractivity contribution < 1.29 is 9.84 Å². The number of nitrogen functional groups attached to an aromatic ring is 1. The van der Waals surface area contributed by atoms with Crippen LogP contribution in [0.25, 0.3) is 0 Å². The third kappa shape index (κ3) is 4.57. The second-order valence-corrected chi connectivity index (χ2v) is 7.33. The summed E-state index contributed by atoms with van der Waals surface area (Å²) >= 11 is 0. The first-order valence-corrected chi connectivity index (χ1v) is 9.45. The van der Waals surface area contributed by atoms with E-state index in [2.05, 4.69) is 9.88 Å². The van der Waals surface area contributed by atoms with Crippen molar-refractivity contribution >= 4 is 17.2 Å². The van der Waals surface area contributed by atoms with Crippen LogP contribution in [0.4, 0.5) is 11.5 Å². The number of aliphatic hydroxyl groups excluding tert-OH is 1. The van der Waals surface area contributed by atoms with Crippen LogP contribution < -0.4 is 15.4 Å². The van der Waals surface area contributed by atoms with Gasteiger partial charge in [-0.2, -0.15) is 0 Å². The first-order valence-electron chi connectivity index (χ1n) is 9.45. The molecule has 1 fully saturated rings. The third-order valence-corrected chi connectivity index (χ3v) is 4.80. The summed E-state index contributed by atoms with van der Waals surface area (Å²) in [4.78, 5) is 6.66. The predicted octanol–water partition coefficient (Wildman–Crippen LogP) is 3.08. The van der Waals surface area contributed by atoms with Gasteiger partial charge in [-0.25, -0.2) is 4.98 Å². The van der Waals surface area contributed by atoms with Gasteiger partial charge in [-0.1, -0.05) is 0 Å². The maximum atomic E-state index is 9.46. The Balaban J connectivity index is 1.85. The molecule has 0 aliphatic carbocycles. The Hall–Kier alpha value is -2.60. The molecule has 144 valence electrons. The van der Waals surface area contributed by atoms with E-state index in [0.29, 0.717) is 22.7 Å². The van der Waals surface area contributed by atoms with Crippen LogP contribution in [0.1, 0.15) is 37.8 Å². The molecule has 1 unspecified atom stereocenters. The van der Waals surface area contributed by atoms with Crippen LogP contribution >= 0.6 is 0 Å². The van der Waals surface area contributed by atoms with E-state index in [1.807, 2.05) is 38.1 Å². The van der Waals surface area contributed by atoms with Gasteiger partial charge < -0.3 is 20.5 Å².